The number of aliphatic imine (C=N–C) groups is 1. The Labute approximate surface area is 205 Å². The van der Waals surface area contributed by atoms with Gasteiger partial charge in [0.25, 0.3) is 0 Å². The summed E-state index contributed by atoms with van der Waals surface area (Å²) in [6, 6.07) is 22.5. The van der Waals surface area contributed by atoms with Gasteiger partial charge in [-0.3, -0.25) is 4.99 Å². The molecule has 5 rings (SSSR count). The zero-order valence-corrected chi connectivity index (χ0v) is 20.7. The first kappa shape index (κ1) is 22.3. The second kappa shape index (κ2) is 8.38. The number of ether oxygens (including phenoxy) is 1. The first-order valence-electron chi connectivity index (χ1n) is 11.5. The number of hydrogen-bond donors (Lipinski definition) is 1. The summed E-state index contributed by atoms with van der Waals surface area (Å²) in [5.74, 6) is 2.37. The predicted octanol–water partition coefficient (Wildman–Crippen LogP) is 7.45. The van der Waals surface area contributed by atoms with Gasteiger partial charge in [0.15, 0.2) is 0 Å². The first-order valence-corrected chi connectivity index (χ1v) is 12.3. The van der Waals surface area contributed by atoms with Gasteiger partial charge in [0, 0.05) is 10.0 Å². The van der Waals surface area contributed by atoms with Gasteiger partial charge >= 0.3 is 0 Å². The Balaban J connectivity index is 1.65. The van der Waals surface area contributed by atoms with E-state index in [0.29, 0.717) is 22.6 Å². The van der Waals surface area contributed by atoms with Crippen LogP contribution in [0.2, 0.25) is 10.0 Å². The second-order valence-corrected chi connectivity index (χ2v) is 10.1. The molecule has 0 unspecified atom stereocenters. The van der Waals surface area contributed by atoms with Crippen LogP contribution in [0.1, 0.15) is 61.8 Å². The highest BCUT2D eigenvalue weighted by molar-refractivity contribution is 6.30. The van der Waals surface area contributed by atoms with Crippen molar-refractivity contribution in [1.29, 1.82) is 0 Å². The summed E-state index contributed by atoms with van der Waals surface area (Å²) in [5.41, 5.74) is 3.43. The van der Waals surface area contributed by atoms with Crippen molar-refractivity contribution in [2.45, 2.75) is 50.6 Å². The second-order valence-electron chi connectivity index (χ2n) is 9.26. The number of nitrogens with zero attached hydrogens (tertiary/aromatic N) is 1. The number of halogens is 2. The lowest BCUT2D eigenvalue weighted by Gasteiger charge is -2.40. The van der Waals surface area contributed by atoms with E-state index in [2.05, 4.69) is 61.6 Å². The smallest absolute Gasteiger partial charge is 0.133 e. The lowest BCUT2D eigenvalue weighted by atomic mass is 9.72. The zero-order chi connectivity index (χ0) is 23.2. The fourth-order valence-corrected chi connectivity index (χ4v) is 5.05. The molecule has 0 radical (unpaired) electrons. The molecule has 0 saturated heterocycles. The van der Waals surface area contributed by atoms with Gasteiger partial charge in [-0.15, -0.1) is 0 Å². The van der Waals surface area contributed by atoms with Gasteiger partial charge in [0.2, 0.25) is 0 Å². The highest BCUT2D eigenvalue weighted by Gasteiger charge is 2.52. The fraction of sp³-hybridized carbons (Fsp3) is 0.321. The van der Waals surface area contributed by atoms with E-state index in [1.807, 2.05) is 31.2 Å². The van der Waals surface area contributed by atoms with E-state index in [1.54, 1.807) is 0 Å². The average Bonchev–Trinajstić information content (AvgIpc) is 3.61. The summed E-state index contributed by atoms with van der Waals surface area (Å²) in [5, 5.41) is 5.20. The maximum Gasteiger partial charge on any atom is 0.133 e. The van der Waals surface area contributed by atoms with E-state index in [9.17, 15) is 0 Å². The average molecular weight is 479 g/mol. The molecule has 3 aromatic carbocycles. The Morgan fingerprint density at radius 2 is 1.52 bits per heavy atom. The van der Waals surface area contributed by atoms with Gasteiger partial charge in [0.1, 0.15) is 17.1 Å². The number of amidine groups is 1. The molecule has 0 bridgehead atoms. The van der Waals surface area contributed by atoms with Crippen molar-refractivity contribution in [3.63, 3.8) is 0 Å². The summed E-state index contributed by atoms with van der Waals surface area (Å²) in [6.45, 7) is 6.99. The Kier molecular flexibility index (Phi) is 5.66. The van der Waals surface area contributed by atoms with Crippen molar-refractivity contribution in [1.82, 2.24) is 5.32 Å². The van der Waals surface area contributed by atoms with E-state index in [0.717, 1.165) is 28.3 Å². The molecule has 1 aliphatic carbocycles. The third kappa shape index (κ3) is 3.92. The molecule has 1 saturated carbocycles. The van der Waals surface area contributed by atoms with Crippen molar-refractivity contribution < 1.29 is 4.74 Å². The van der Waals surface area contributed by atoms with Crippen LogP contribution in [0.4, 0.5) is 0 Å². The quantitative estimate of drug-likeness (QED) is 0.398. The molecule has 1 heterocycles. The summed E-state index contributed by atoms with van der Waals surface area (Å²) in [6.07, 6.45) is 2.51. The minimum Gasteiger partial charge on any atom is -0.493 e. The van der Waals surface area contributed by atoms with Crippen LogP contribution in [-0.2, 0) is 11.1 Å². The van der Waals surface area contributed by atoms with Crippen LogP contribution >= 0.6 is 23.2 Å². The van der Waals surface area contributed by atoms with Gasteiger partial charge in [-0.1, -0.05) is 53.5 Å². The molecule has 33 heavy (non-hydrogen) atoms. The third-order valence-electron chi connectivity index (χ3n) is 7.11. The molecule has 0 amide bonds. The number of nitrogens with one attached hydrogen (secondary N) is 1. The van der Waals surface area contributed by atoms with Gasteiger partial charge in [0.05, 0.1) is 17.7 Å². The van der Waals surface area contributed by atoms with Crippen LogP contribution in [0.5, 0.6) is 5.75 Å². The van der Waals surface area contributed by atoms with Gasteiger partial charge in [-0.2, -0.15) is 0 Å². The molecule has 1 fully saturated rings. The van der Waals surface area contributed by atoms with Crippen molar-refractivity contribution >= 4 is 29.0 Å². The fourth-order valence-electron chi connectivity index (χ4n) is 4.79. The van der Waals surface area contributed by atoms with E-state index < -0.39 is 11.1 Å². The molecule has 1 N–H and O–H groups in total. The molecule has 5 heteroatoms. The molecule has 3 nitrogen and oxygen atoms in total. The Morgan fingerprint density at radius 3 is 2.09 bits per heavy atom. The van der Waals surface area contributed by atoms with E-state index in [4.69, 9.17) is 32.9 Å². The van der Waals surface area contributed by atoms with Crippen LogP contribution in [-0.4, -0.2) is 12.4 Å². The Hall–Kier alpha value is -2.49. The molecule has 170 valence electrons. The number of benzene rings is 3. The van der Waals surface area contributed by atoms with Crippen LogP contribution in [0.25, 0.3) is 0 Å². The van der Waals surface area contributed by atoms with E-state index in [-0.39, 0.29) is 0 Å². The Bertz CT molecular complexity index is 1200. The van der Waals surface area contributed by atoms with Crippen molar-refractivity contribution in [3.8, 4) is 5.75 Å². The first-order chi connectivity index (χ1) is 15.8. The molecule has 0 aromatic heterocycles. The summed E-state index contributed by atoms with van der Waals surface area (Å²) in [7, 11) is 0. The van der Waals surface area contributed by atoms with Crippen molar-refractivity contribution in [2.24, 2.45) is 4.99 Å². The molecular formula is C28H28Cl2N2O. The topological polar surface area (TPSA) is 33.6 Å². The maximum atomic E-state index is 6.21. The van der Waals surface area contributed by atoms with Gasteiger partial charge < -0.3 is 10.1 Å². The van der Waals surface area contributed by atoms with Crippen LogP contribution in [0.3, 0.4) is 0 Å². The zero-order valence-electron chi connectivity index (χ0n) is 19.2. The highest BCUT2D eigenvalue weighted by Crippen LogP contribution is 2.49. The minimum atomic E-state index is -0.584. The van der Waals surface area contributed by atoms with Crippen LogP contribution in [0.15, 0.2) is 71.7 Å². The van der Waals surface area contributed by atoms with E-state index >= 15 is 0 Å². The minimum absolute atomic E-state index is 0.514. The highest BCUT2D eigenvalue weighted by atomic mass is 35.5. The van der Waals surface area contributed by atoms with Gasteiger partial charge in [-0.25, -0.2) is 0 Å². The summed E-state index contributed by atoms with van der Waals surface area (Å²) < 4.78 is 6.09. The molecule has 2 aliphatic rings. The van der Waals surface area contributed by atoms with Gasteiger partial charge in [-0.05, 0) is 92.6 Å². The monoisotopic (exact) mass is 478 g/mol. The number of hydrogen-bond acceptors (Lipinski definition) is 3. The molecule has 1 aliphatic heterocycles. The molecular weight excluding hydrogens is 451 g/mol. The molecule has 2 atom stereocenters. The third-order valence-corrected chi connectivity index (χ3v) is 7.62. The van der Waals surface area contributed by atoms with Crippen molar-refractivity contribution in [2.75, 3.05) is 6.61 Å². The molecule has 3 aromatic rings. The maximum absolute atomic E-state index is 6.21. The number of rotatable bonds is 6. The SMILES string of the molecule is CCOc1cc(C2CC2)ccc1C1=N[C@@](C)(c2ccc(Cl)cc2)[C@@](C)(c2ccc(Cl)cc2)N1. The lowest BCUT2D eigenvalue weighted by Crippen LogP contribution is -2.50. The largest absolute Gasteiger partial charge is 0.493 e. The van der Waals surface area contributed by atoms with E-state index in [1.165, 1.54) is 18.4 Å². The molecule has 0 spiro atoms. The summed E-state index contributed by atoms with van der Waals surface area (Å²) >= 11 is 12.4. The normalized spacial score (nSPS) is 24.3. The Morgan fingerprint density at radius 1 is 0.909 bits per heavy atom. The van der Waals surface area contributed by atoms with Crippen LogP contribution in [0, 0.1) is 0 Å². The van der Waals surface area contributed by atoms with Crippen LogP contribution < -0.4 is 10.1 Å². The summed E-state index contributed by atoms with van der Waals surface area (Å²) in [4.78, 5) is 5.32. The lowest BCUT2D eigenvalue weighted by molar-refractivity contribution is 0.268. The standard InChI is InChI=1S/C28H28Cl2N2O/c1-4-33-25-17-19(18-5-6-18)7-16-24(25)26-31-27(2,20-8-12-22(29)13-9-20)28(3,32-26)21-10-14-23(30)15-11-21/h7-18H,4-6H2,1-3H3,(H,31,32)/t27-,28+. The predicted molar refractivity (Wildman–Crippen MR) is 137 cm³/mol. The van der Waals surface area contributed by atoms with Crippen molar-refractivity contribution in [3.05, 3.63) is 99.0 Å².